The number of rotatable bonds is 8. The molecule has 2 aromatic rings. The average Bonchev–Trinajstić information content (AvgIpc) is 2.60. The summed E-state index contributed by atoms with van der Waals surface area (Å²) in [6, 6.07) is 11.2. The first-order valence-corrected chi connectivity index (χ1v) is 7.88. The lowest BCUT2D eigenvalue weighted by Gasteiger charge is -2.09. The van der Waals surface area contributed by atoms with Gasteiger partial charge in [0.2, 0.25) is 0 Å². The number of carbonyl (C=O) groups is 1. The van der Waals surface area contributed by atoms with Crippen molar-refractivity contribution in [2.24, 2.45) is 0 Å². The smallest absolute Gasteiger partial charge is 0.293 e. The normalized spacial score (nSPS) is 10.3. The third-order valence-corrected chi connectivity index (χ3v) is 3.42. The van der Waals surface area contributed by atoms with Crippen LogP contribution in [-0.2, 0) is 4.74 Å². The molecule has 0 atom stereocenters. The second kappa shape index (κ2) is 8.79. The largest absolute Gasteiger partial charge is 0.491 e. The molecular formula is C18H20N2O5. The van der Waals surface area contributed by atoms with Gasteiger partial charge in [0.25, 0.3) is 11.6 Å². The van der Waals surface area contributed by atoms with Crippen LogP contribution in [0.4, 0.5) is 11.4 Å². The zero-order chi connectivity index (χ0) is 18.2. The van der Waals surface area contributed by atoms with Crippen LogP contribution in [0, 0.1) is 17.0 Å². The van der Waals surface area contributed by atoms with E-state index in [9.17, 15) is 14.9 Å². The zero-order valence-corrected chi connectivity index (χ0v) is 14.2. The molecule has 0 saturated carbocycles. The van der Waals surface area contributed by atoms with Gasteiger partial charge in [-0.3, -0.25) is 14.9 Å². The van der Waals surface area contributed by atoms with E-state index in [2.05, 4.69) is 5.32 Å². The number of nitro groups is 1. The predicted octanol–water partition coefficient (Wildman–Crippen LogP) is 3.57. The molecule has 0 heterocycles. The van der Waals surface area contributed by atoms with Gasteiger partial charge in [0, 0.05) is 18.2 Å². The van der Waals surface area contributed by atoms with Crippen molar-refractivity contribution >= 4 is 17.3 Å². The number of nitrogens with zero attached hydrogens (tertiary/aromatic N) is 1. The Hall–Kier alpha value is -2.93. The number of carbonyl (C=O) groups excluding carboxylic acids is 1. The number of nitrogens with one attached hydrogen (secondary N) is 1. The standard InChI is InChI=1S/C18H20N2O5/c1-3-24-10-11-25-15-7-5-14(6-8-15)18(21)19-16-9-4-13(2)12-17(16)20(22)23/h4-9,12H,3,10-11H2,1-2H3,(H,19,21). The molecule has 0 unspecified atom stereocenters. The predicted molar refractivity (Wildman–Crippen MR) is 94.2 cm³/mol. The Labute approximate surface area is 145 Å². The Morgan fingerprint density at radius 1 is 1.16 bits per heavy atom. The van der Waals surface area contributed by atoms with Crippen LogP contribution in [0.25, 0.3) is 0 Å². The molecule has 1 amide bonds. The number of hydrogen-bond acceptors (Lipinski definition) is 5. The van der Waals surface area contributed by atoms with Crippen molar-refractivity contribution in [1.82, 2.24) is 0 Å². The van der Waals surface area contributed by atoms with Gasteiger partial charge in [-0.15, -0.1) is 0 Å². The minimum atomic E-state index is -0.516. The highest BCUT2D eigenvalue weighted by molar-refractivity contribution is 6.05. The summed E-state index contributed by atoms with van der Waals surface area (Å²) < 4.78 is 10.7. The van der Waals surface area contributed by atoms with Gasteiger partial charge < -0.3 is 14.8 Å². The fourth-order valence-corrected chi connectivity index (χ4v) is 2.16. The Kier molecular flexibility index (Phi) is 6.47. The molecule has 7 nitrogen and oxygen atoms in total. The third-order valence-electron chi connectivity index (χ3n) is 3.42. The van der Waals surface area contributed by atoms with E-state index >= 15 is 0 Å². The molecule has 132 valence electrons. The summed E-state index contributed by atoms with van der Waals surface area (Å²) in [7, 11) is 0. The number of benzene rings is 2. The molecule has 0 spiro atoms. The molecule has 25 heavy (non-hydrogen) atoms. The first kappa shape index (κ1) is 18.4. The van der Waals surface area contributed by atoms with E-state index in [1.807, 2.05) is 6.92 Å². The van der Waals surface area contributed by atoms with Crippen LogP contribution in [-0.4, -0.2) is 30.7 Å². The van der Waals surface area contributed by atoms with Gasteiger partial charge in [0.05, 0.1) is 11.5 Å². The van der Waals surface area contributed by atoms with Gasteiger partial charge in [-0.05, 0) is 49.7 Å². The summed E-state index contributed by atoms with van der Waals surface area (Å²) in [5.74, 6) is 0.199. The minimum Gasteiger partial charge on any atom is -0.491 e. The lowest BCUT2D eigenvalue weighted by atomic mass is 10.1. The minimum absolute atomic E-state index is 0.135. The topological polar surface area (TPSA) is 90.7 Å². The van der Waals surface area contributed by atoms with Gasteiger partial charge in [-0.1, -0.05) is 6.07 Å². The van der Waals surface area contributed by atoms with Gasteiger partial charge in [-0.2, -0.15) is 0 Å². The van der Waals surface area contributed by atoms with Crippen LogP contribution in [0.2, 0.25) is 0 Å². The summed E-state index contributed by atoms with van der Waals surface area (Å²) in [6.45, 7) is 5.22. The van der Waals surface area contributed by atoms with Crippen molar-refractivity contribution in [2.45, 2.75) is 13.8 Å². The number of aryl methyl sites for hydroxylation is 1. The number of amides is 1. The first-order chi connectivity index (χ1) is 12.0. The van der Waals surface area contributed by atoms with Crippen LogP contribution in [0.5, 0.6) is 5.75 Å². The first-order valence-electron chi connectivity index (χ1n) is 7.88. The molecule has 0 fully saturated rings. The molecule has 0 bridgehead atoms. The van der Waals surface area contributed by atoms with Crippen molar-refractivity contribution in [3.8, 4) is 5.75 Å². The van der Waals surface area contributed by atoms with Crippen LogP contribution in [0.15, 0.2) is 42.5 Å². The van der Waals surface area contributed by atoms with Crippen molar-refractivity contribution in [3.05, 3.63) is 63.7 Å². The highest BCUT2D eigenvalue weighted by atomic mass is 16.6. The molecule has 0 aliphatic carbocycles. The van der Waals surface area contributed by atoms with Crippen LogP contribution in [0.1, 0.15) is 22.8 Å². The number of nitro benzene ring substituents is 1. The summed E-state index contributed by atoms with van der Waals surface area (Å²) in [4.78, 5) is 22.9. The van der Waals surface area contributed by atoms with Gasteiger partial charge in [0.1, 0.15) is 18.0 Å². The molecule has 1 N–H and O–H groups in total. The monoisotopic (exact) mass is 344 g/mol. The van der Waals surface area contributed by atoms with E-state index in [-0.39, 0.29) is 11.4 Å². The molecule has 0 aliphatic heterocycles. The molecule has 2 rings (SSSR count). The summed E-state index contributed by atoms with van der Waals surface area (Å²) in [5.41, 5.74) is 1.16. The van der Waals surface area contributed by atoms with Crippen molar-refractivity contribution in [1.29, 1.82) is 0 Å². The van der Waals surface area contributed by atoms with Crippen molar-refractivity contribution < 1.29 is 19.2 Å². The van der Waals surface area contributed by atoms with Crippen molar-refractivity contribution in [2.75, 3.05) is 25.1 Å². The molecule has 0 aliphatic rings. The molecule has 2 aromatic carbocycles. The Balaban J connectivity index is 2.03. The second-order valence-electron chi connectivity index (χ2n) is 5.30. The summed E-state index contributed by atoms with van der Waals surface area (Å²) >= 11 is 0. The van der Waals surface area contributed by atoms with Crippen LogP contribution >= 0.6 is 0 Å². The lowest BCUT2D eigenvalue weighted by Crippen LogP contribution is -2.13. The maximum atomic E-state index is 12.3. The number of hydrogen-bond donors (Lipinski definition) is 1. The number of anilines is 1. The van der Waals surface area contributed by atoms with Crippen molar-refractivity contribution in [3.63, 3.8) is 0 Å². The molecule has 0 radical (unpaired) electrons. The summed E-state index contributed by atoms with van der Waals surface area (Å²) in [5, 5.41) is 13.7. The maximum absolute atomic E-state index is 12.3. The number of ether oxygens (including phenoxy) is 2. The van der Waals surface area contributed by atoms with E-state index in [4.69, 9.17) is 9.47 Å². The zero-order valence-electron chi connectivity index (χ0n) is 14.2. The van der Waals surface area contributed by atoms with Crippen LogP contribution in [0.3, 0.4) is 0 Å². The SMILES string of the molecule is CCOCCOc1ccc(C(=O)Nc2ccc(C)cc2[N+](=O)[O-])cc1. The van der Waals surface area contributed by atoms with E-state index in [0.29, 0.717) is 31.1 Å². The Morgan fingerprint density at radius 2 is 1.88 bits per heavy atom. The lowest BCUT2D eigenvalue weighted by molar-refractivity contribution is -0.384. The fraction of sp³-hybridized carbons (Fsp3) is 0.278. The Bertz CT molecular complexity index is 744. The average molecular weight is 344 g/mol. The molecule has 7 heteroatoms. The van der Waals surface area contributed by atoms with Crippen LogP contribution < -0.4 is 10.1 Å². The van der Waals surface area contributed by atoms with Gasteiger partial charge >= 0.3 is 0 Å². The highest BCUT2D eigenvalue weighted by Gasteiger charge is 2.16. The fourth-order valence-electron chi connectivity index (χ4n) is 2.16. The third kappa shape index (κ3) is 5.29. The molecule has 0 saturated heterocycles. The summed E-state index contributed by atoms with van der Waals surface area (Å²) in [6.07, 6.45) is 0. The molecular weight excluding hydrogens is 324 g/mol. The van der Waals surface area contributed by atoms with E-state index in [1.165, 1.54) is 12.1 Å². The van der Waals surface area contributed by atoms with Gasteiger partial charge in [0.15, 0.2) is 0 Å². The van der Waals surface area contributed by atoms with E-state index in [0.717, 1.165) is 5.56 Å². The quantitative estimate of drug-likeness (QED) is 0.449. The van der Waals surface area contributed by atoms with Gasteiger partial charge in [-0.25, -0.2) is 0 Å². The second-order valence-corrected chi connectivity index (χ2v) is 5.30. The Morgan fingerprint density at radius 3 is 2.52 bits per heavy atom. The van der Waals surface area contributed by atoms with E-state index in [1.54, 1.807) is 37.3 Å². The molecule has 0 aromatic heterocycles. The highest BCUT2D eigenvalue weighted by Crippen LogP contribution is 2.26. The van der Waals surface area contributed by atoms with E-state index < -0.39 is 10.8 Å². The maximum Gasteiger partial charge on any atom is 0.293 e.